The summed E-state index contributed by atoms with van der Waals surface area (Å²) in [5.41, 5.74) is 1.41. The maximum atomic E-state index is 12.7. The highest BCUT2D eigenvalue weighted by Crippen LogP contribution is 2.34. The van der Waals surface area contributed by atoms with Crippen LogP contribution in [-0.2, 0) is 9.59 Å². The number of benzene rings is 2. The number of halogens is 1. The zero-order chi connectivity index (χ0) is 20.1. The van der Waals surface area contributed by atoms with Gasteiger partial charge in [-0.25, -0.2) is 0 Å². The molecular formula is C20H17ClN2O3S2. The van der Waals surface area contributed by atoms with Crippen LogP contribution < -0.4 is 10.1 Å². The zero-order valence-corrected chi connectivity index (χ0v) is 17.4. The van der Waals surface area contributed by atoms with Crippen LogP contribution >= 0.6 is 35.6 Å². The van der Waals surface area contributed by atoms with E-state index in [0.717, 1.165) is 5.56 Å². The highest BCUT2D eigenvalue weighted by molar-refractivity contribution is 8.26. The molecule has 2 amide bonds. The van der Waals surface area contributed by atoms with Crippen LogP contribution in [0.5, 0.6) is 5.75 Å². The van der Waals surface area contributed by atoms with E-state index in [1.54, 1.807) is 37.5 Å². The van der Waals surface area contributed by atoms with Gasteiger partial charge in [-0.1, -0.05) is 59.8 Å². The molecule has 0 spiro atoms. The van der Waals surface area contributed by atoms with E-state index >= 15 is 0 Å². The topological polar surface area (TPSA) is 58.6 Å². The van der Waals surface area contributed by atoms with Gasteiger partial charge in [-0.15, -0.1) is 0 Å². The molecule has 2 aromatic rings. The van der Waals surface area contributed by atoms with Gasteiger partial charge in [0.25, 0.3) is 5.91 Å². The Morgan fingerprint density at radius 2 is 2.07 bits per heavy atom. The fraction of sp³-hybridized carbons (Fsp3) is 0.150. The molecule has 1 N–H and O–H groups in total. The molecule has 0 atom stereocenters. The second kappa shape index (κ2) is 9.23. The second-order valence-corrected chi connectivity index (χ2v) is 8.00. The van der Waals surface area contributed by atoms with Crippen molar-refractivity contribution < 1.29 is 14.3 Å². The van der Waals surface area contributed by atoms with Crippen molar-refractivity contribution in [2.45, 2.75) is 6.42 Å². The number of hydrogen-bond acceptors (Lipinski definition) is 5. The Hall–Kier alpha value is -2.35. The van der Waals surface area contributed by atoms with Crippen molar-refractivity contribution in [1.29, 1.82) is 0 Å². The Labute approximate surface area is 177 Å². The first-order chi connectivity index (χ1) is 13.5. The lowest BCUT2D eigenvalue weighted by Gasteiger charge is -2.14. The van der Waals surface area contributed by atoms with Crippen LogP contribution in [0.25, 0.3) is 6.08 Å². The molecule has 2 aromatic carbocycles. The van der Waals surface area contributed by atoms with E-state index in [2.05, 4.69) is 5.32 Å². The molecule has 8 heteroatoms. The van der Waals surface area contributed by atoms with Crippen molar-refractivity contribution >= 4 is 63.5 Å². The van der Waals surface area contributed by atoms with Gasteiger partial charge in [0, 0.05) is 29.2 Å². The number of methoxy groups -OCH3 is 1. The number of carbonyl (C=O) groups excluding carboxylic acids is 2. The molecule has 1 saturated heterocycles. The van der Waals surface area contributed by atoms with Gasteiger partial charge in [-0.05, 0) is 30.3 Å². The van der Waals surface area contributed by atoms with E-state index in [-0.39, 0.29) is 24.8 Å². The van der Waals surface area contributed by atoms with Crippen LogP contribution in [0.1, 0.15) is 12.0 Å². The Morgan fingerprint density at radius 1 is 1.29 bits per heavy atom. The first-order valence-corrected chi connectivity index (χ1v) is 10.0. The molecule has 1 aliphatic rings. The molecular weight excluding hydrogens is 416 g/mol. The first-order valence-electron chi connectivity index (χ1n) is 8.42. The molecule has 5 nitrogen and oxygen atoms in total. The number of thiocarbonyl (C=S) groups is 1. The minimum Gasteiger partial charge on any atom is -0.496 e. The lowest BCUT2D eigenvalue weighted by Crippen LogP contribution is -2.31. The van der Waals surface area contributed by atoms with Crippen molar-refractivity contribution in [2.24, 2.45) is 0 Å². The van der Waals surface area contributed by atoms with E-state index in [1.165, 1.54) is 16.7 Å². The molecule has 28 heavy (non-hydrogen) atoms. The Morgan fingerprint density at radius 3 is 2.82 bits per heavy atom. The lowest BCUT2D eigenvalue weighted by molar-refractivity contribution is -0.122. The number of thioether (sulfide) groups is 1. The van der Waals surface area contributed by atoms with Crippen LogP contribution in [0.4, 0.5) is 5.69 Å². The summed E-state index contributed by atoms with van der Waals surface area (Å²) in [6, 6.07) is 14.3. The Balaban J connectivity index is 1.64. The normalized spacial score (nSPS) is 15.2. The van der Waals surface area contributed by atoms with Gasteiger partial charge in [0.2, 0.25) is 5.91 Å². The van der Waals surface area contributed by atoms with Crippen LogP contribution in [0.15, 0.2) is 53.4 Å². The average molecular weight is 433 g/mol. The number of rotatable bonds is 6. The van der Waals surface area contributed by atoms with Crippen LogP contribution in [-0.4, -0.2) is 34.7 Å². The third kappa shape index (κ3) is 4.92. The number of nitrogens with one attached hydrogen (secondary N) is 1. The molecule has 0 aromatic heterocycles. The zero-order valence-electron chi connectivity index (χ0n) is 15.0. The van der Waals surface area contributed by atoms with Crippen molar-refractivity contribution in [3.8, 4) is 5.75 Å². The fourth-order valence-corrected chi connectivity index (χ4v) is 4.11. The number of anilines is 1. The van der Waals surface area contributed by atoms with Gasteiger partial charge in [0.1, 0.15) is 10.1 Å². The van der Waals surface area contributed by atoms with Crippen LogP contribution in [0, 0.1) is 0 Å². The highest BCUT2D eigenvalue weighted by Gasteiger charge is 2.32. The van der Waals surface area contributed by atoms with Crippen molar-refractivity contribution in [3.05, 3.63) is 64.0 Å². The molecule has 0 saturated carbocycles. The average Bonchev–Trinajstić information content (AvgIpc) is 2.93. The SMILES string of the molecule is COc1ccccc1C=C1SC(=S)N(CCC(=O)Nc2cccc(Cl)c2)C1=O. The molecule has 1 heterocycles. The number of amides is 2. The molecule has 0 aliphatic carbocycles. The van der Waals surface area contributed by atoms with E-state index in [0.29, 0.717) is 25.7 Å². The summed E-state index contributed by atoms with van der Waals surface area (Å²) >= 11 is 12.4. The summed E-state index contributed by atoms with van der Waals surface area (Å²) < 4.78 is 5.75. The van der Waals surface area contributed by atoms with Crippen molar-refractivity contribution in [2.75, 3.05) is 19.0 Å². The number of hydrogen-bond donors (Lipinski definition) is 1. The first kappa shape index (κ1) is 20.4. The van der Waals surface area contributed by atoms with E-state index in [9.17, 15) is 9.59 Å². The minimum atomic E-state index is -0.218. The third-order valence-electron chi connectivity index (χ3n) is 3.97. The summed E-state index contributed by atoms with van der Waals surface area (Å²) in [5.74, 6) is 0.246. The summed E-state index contributed by atoms with van der Waals surface area (Å²) in [6.45, 7) is 0.209. The monoisotopic (exact) mass is 432 g/mol. The van der Waals surface area contributed by atoms with Gasteiger partial charge >= 0.3 is 0 Å². The lowest BCUT2D eigenvalue weighted by atomic mass is 10.2. The van der Waals surface area contributed by atoms with Gasteiger partial charge in [0.05, 0.1) is 12.0 Å². The van der Waals surface area contributed by atoms with E-state index < -0.39 is 0 Å². The third-order valence-corrected chi connectivity index (χ3v) is 5.58. The van der Waals surface area contributed by atoms with Crippen molar-refractivity contribution in [1.82, 2.24) is 4.90 Å². The van der Waals surface area contributed by atoms with Crippen LogP contribution in [0.2, 0.25) is 5.02 Å². The van der Waals surface area contributed by atoms with Gasteiger partial charge in [-0.3, -0.25) is 14.5 Å². The number of para-hydroxylation sites is 1. The van der Waals surface area contributed by atoms with Gasteiger partial charge in [-0.2, -0.15) is 0 Å². The molecule has 0 radical (unpaired) electrons. The summed E-state index contributed by atoms with van der Waals surface area (Å²) in [6.07, 6.45) is 1.88. The molecule has 1 fully saturated rings. The fourth-order valence-electron chi connectivity index (χ4n) is 2.62. The molecule has 3 rings (SSSR count). The second-order valence-electron chi connectivity index (χ2n) is 5.88. The number of nitrogens with zero attached hydrogens (tertiary/aromatic N) is 1. The largest absolute Gasteiger partial charge is 0.496 e. The Bertz CT molecular complexity index is 962. The predicted octanol–water partition coefficient (Wildman–Crippen LogP) is 4.58. The number of carbonyl (C=O) groups is 2. The summed E-state index contributed by atoms with van der Waals surface area (Å²) in [7, 11) is 1.58. The van der Waals surface area contributed by atoms with E-state index in [4.69, 9.17) is 28.6 Å². The van der Waals surface area contributed by atoms with Crippen LogP contribution in [0.3, 0.4) is 0 Å². The maximum Gasteiger partial charge on any atom is 0.266 e. The smallest absolute Gasteiger partial charge is 0.266 e. The molecule has 0 unspecified atom stereocenters. The minimum absolute atomic E-state index is 0.126. The summed E-state index contributed by atoms with van der Waals surface area (Å²) in [5, 5.41) is 3.30. The van der Waals surface area contributed by atoms with E-state index in [1.807, 2.05) is 24.3 Å². The van der Waals surface area contributed by atoms with Gasteiger partial charge < -0.3 is 10.1 Å². The predicted molar refractivity (Wildman–Crippen MR) is 118 cm³/mol. The summed E-state index contributed by atoms with van der Waals surface area (Å²) in [4.78, 5) is 26.8. The quantitative estimate of drug-likeness (QED) is 0.535. The standard InChI is InChI=1S/C20H17ClN2O3S2/c1-26-16-8-3-2-5-13(16)11-17-19(25)23(20(27)28-17)10-9-18(24)22-15-7-4-6-14(21)12-15/h2-8,11-12H,9-10H2,1H3,(H,22,24). The number of ether oxygens (including phenoxy) is 1. The maximum absolute atomic E-state index is 12.7. The van der Waals surface area contributed by atoms with Gasteiger partial charge in [0.15, 0.2) is 0 Å². The highest BCUT2D eigenvalue weighted by atomic mass is 35.5. The molecule has 144 valence electrons. The molecule has 0 bridgehead atoms. The van der Waals surface area contributed by atoms with Crippen molar-refractivity contribution in [3.63, 3.8) is 0 Å². The Kier molecular flexibility index (Phi) is 6.72. The molecule has 1 aliphatic heterocycles.